The van der Waals surface area contributed by atoms with E-state index in [0.29, 0.717) is 0 Å². The molecule has 3 rings (SSSR count). The van der Waals surface area contributed by atoms with Gasteiger partial charge in [-0.1, -0.05) is 30.7 Å². The molecule has 0 amide bonds. The molecule has 2 atom stereocenters. The molecule has 2 aliphatic carbocycles. The van der Waals surface area contributed by atoms with Crippen LogP contribution in [0.15, 0.2) is 24.3 Å². The Bertz CT molecular complexity index is 364. The van der Waals surface area contributed by atoms with Crippen molar-refractivity contribution in [2.75, 3.05) is 13.6 Å². The van der Waals surface area contributed by atoms with Crippen LogP contribution in [0.5, 0.6) is 0 Å². The minimum Gasteiger partial charge on any atom is -0.319 e. The molecular weight excluding hydrogens is 206 g/mol. The molecule has 1 aromatic carbocycles. The highest BCUT2D eigenvalue weighted by Gasteiger charge is 2.31. The van der Waals surface area contributed by atoms with Gasteiger partial charge < -0.3 is 5.32 Å². The average Bonchev–Trinajstić information content (AvgIpc) is 2.25. The van der Waals surface area contributed by atoms with Crippen molar-refractivity contribution in [1.29, 1.82) is 0 Å². The molecule has 0 bridgehead atoms. The fraction of sp³-hybridized carbons (Fsp3) is 0.625. The molecule has 2 saturated carbocycles. The molecule has 1 N–H and O–H groups in total. The lowest BCUT2D eigenvalue weighted by atomic mass is 9.69. The Morgan fingerprint density at radius 1 is 1.00 bits per heavy atom. The van der Waals surface area contributed by atoms with E-state index in [1.54, 1.807) is 11.1 Å². The molecule has 1 nitrogen and oxygen atoms in total. The molecule has 0 aliphatic heterocycles. The molecule has 1 heteroatoms. The molecule has 92 valence electrons. The van der Waals surface area contributed by atoms with Gasteiger partial charge in [-0.25, -0.2) is 0 Å². The fourth-order valence-corrected chi connectivity index (χ4v) is 3.27. The van der Waals surface area contributed by atoms with Gasteiger partial charge in [0.15, 0.2) is 0 Å². The number of rotatable bonds is 4. The van der Waals surface area contributed by atoms with Gasteiger partial charge in [0.1, 0.15) is 0 Å². The number of nitrogens with one attached hydrogen (secondary N) is 1. The van der Waals surface area contributed by atoms with Gasteiger partial charge in [0.25, 0.3) is 0 Å². The van der Waals surface area contributed by atoms with Crippen molar-refractivity contribution < 1.29 is 0 Å². The molecule has 0 radical (unpaired) electrons. The molecule has 2 unspecified atom stereocenters. The van der Waals surface area contributed by atoms with Gasteiger partial charge in [0, 0.05) is 0 Å². The van der Waals surface area contributed by atoms with Crippen molar-refractivity contribution in [3.05, 3.63) is 35.4 Å². The fourth-order valence-electron chi connectivity index (χ4n) is 3.27. The lowest BCUT2D eigenvalue weighted by molar-refractivity contribution is 0.250. The first-order valence-corrected chi connectivity index (χ1v) is 7.13. The second kappa shape index (κ2) is 4.81. The van der Waals surface area contributed by atoms with E-state index >= 15 is 0 Å². The van der Waals surface area contributed by atoms with E-state index in [-0.39, 0.29) is 0 Å². The van der Waals surface area contributed by atoms with E-state index in [1.165, 1.54) is 38.6 Å². The molecule has 0 saturated heterocycles. The van der Waals surface area contributed by atoms with Crippen LogP contribution in [0, 0.1) is 5.92 Å². The second-order valence-electron chi connectivity index (χ2n) is 5.80. The third-order valence-corrected chi connectivity index (χ3v) is 4.83. The van der Waals surface area contributed by atoms with E-state index < -0.39 is 0 Å². The molecule has 0 spiro atoms. The van der Waals surface area contributed by atoms with Crippen LogP contribution in [-0.4, -0.2) is 13.6 Å². The van der Waals surface area contributed by atoms with E-state index in [0.717, 1.165) is 17.8 Å². The predicted molar refractivity (Wildman–Crippen MR) is 72.4 cm³/mol. The first-order valence-electron chi connectivity index (χ1n) is 7.13. The van der Waals surface area contributed by atoms with Crippen molar-refractivity contribution in [1.82, 2.24) is 5.32 Å². The van der Waals surface area contributed by atoms with Crippen molar-refractivity contribution >= 4 is 0 Å². The zero-order valence-corrected chi connectivity index (χ0v) is 10.8. The summed E-state index contributed by atoms with van der Waals surface area (Å²) in [5.74, 6) is 2.56. The molecule has 1 aromatic rings. The monoisotopic (exact) mass is 229 g/mol. The first-order chi connectivity index (χ1) is 8.38. The Balaban J connectivity index is 1.67. The molecular formula is C16H23N. The van der Waals surface area contributed by atoms with Crippen LogP contribution in [0.4, 0.5) is 0 Å². The summed E-state index contributed by atoms with van der Waals surface area (Å²) in [7, 11) is 2.06. The molecule has 17 heavy (non-hydrogen) atoms. The van der Waals surface area contributed by atoms with Crippen LogP contribution in [0.3, 0.4) is 0 Å². The maximum Gasteiger partial charge on any atom is -0.00177 e. The van der Waals surface area contributed by atoms with Crippen molar-refractivity contribution in [3.63, 3.8) is 0 Å². The lowest BCUT2D eigenvalue weighted by Crippen LogP contribution is -2.32. The van der Waals surface area contributed by atoms with Crippen molar-refractivity contribution in [2.24, 2.45) is 5.92 Å². The van der Waals surface area contributed by atoms with Gasteiger partial charge in [0.2, 0.25) is 0 Å². The average molecular weight is 229 g/mol. The van der Waals surface area contributed by atoms with Crippen LogP contribution in [0.25, 0.3) is 0 Å². The van der Waals surface area contributed by atoms with Gasteiger partial charge in [-0.2, -0.15) is 0 Å². The standard InChI is InChI=1S/C16H23N/c1-17-11-15-9-10-16(15)14-7-5-13(6-8-14)12-3-2-4-12/h5-8,12,15-17H,2-4,9-11H2,1H3. The van der Waals surface area contributed by atoms with Crippen molar-refractivity contribution in [2.45, 2.75) is 43.9 Å². The van der Waals surface area contributed by atoms with Gasteiger partial charge >= 0.3 is 0 Å². The minimum absolute atomic E-state index is 0.817. The van der Waals surface area contributed by atoms with Crippen LogP contribution in [-0.2, 0) is 0 Å². The highest BCUT2D eigenvalue weighted by atomic mass is 14.8. The highest BCUT2D eigenvalue weighted by molar-refractivity contribution is 5.30. The Kier molecular flexibility index (Phi) is 3.19. The molecule has 0 heterocycles. The smallest absolute Gasteiger partial charge is 0.00177 e. The van der Waals surface area contributed by atoms with Crippen LogP contribution in [0.1, 0.15) is 55.1 Å². The summed E-state index contributed by atoms with van der Waals surface area (Å²) in [5, 5.41) is 3.32. The summed E-state index contributed by atoms with van der Waals surface area (Å²) in [6.07, 6.45) is 7.03. The predicted octanol–water partition coefficient (Wildman–Crippen LogP) is 3.67. The van der Waals surface area contributed by atoms with E-state index in [9.17, 15) is 0 Å². The number of benzene rings is 1. The first kappa shape index (κ1) is 11.3. The Morgan fingerprint density at radius 3 is 2.18 bits per heavy atom. The summed E-state index contributed by atoms with van der Waals surface area (Å²) in [4.78, 5) is 0. The van der Waals surface area contributed by atoms with Crippen molar-refractivity contribution in [3.8, 4) is 0 Å². The van der Waals surface area contributed by atoms with Gasteiger partial charge in [-0.05, 0) is 68.2 Å². The lowest BCUT2D eigenvalue weighted by Gasteiger charge is -2.37. The third-order valence-electron chi connectivity index (χ3n) is 4.83. The zero-order valence-electron chi connectivity index (χ0n) is 10.8. The largest absolute Gasteiger partial charge is 0.319 e. The summed E-state index contributed by atoms with van der Waals surface area (Å²) in [5.41, 5.74) is 3.14. The number of hydrogen-bond acceptors (Lipinski definition) is 1. The quantitative estimate of drug-likeness (QED) is 0.830. The molecule has 0 aromatic heterocycles. The summed E-state index contributed by atoms with van der Waals surface area (Å²) >= 11 is 0. The van der Waals surface area contributed by atoms with E-state index in [2.05, 4.69) is 36.6 Å². The SMILES string of the molecule is CNCC1CCC1c1ccc(C2CCC2)cc1. The zero-order chi connectivity index (χ0) is 11.7. The number of hydrogen-bond donors (Lipinski definition) is 1. The third kappa shape index (κ3) is 2.13. The van der Waals surface area contributed by atoms with Gasteiger partial charge in [-0.3, -0.25) is 0 Å². The van der Waals surface area contributed by atoms with E-state index in [1.807, 2.05) is 0 Å². The minimum atomic E-state index is 0.817. The Morgan fingerprint density at radius 2 is 1.71 bits per heavy atom. The molecule has 2 aliphatic rings. The summed E-state index contributed by atoms with van der Waals surface area (Å²) < 4.78 is 0. The van der Waals surface area contributed by atoms with Gasteiger partial charge in [-0.15, -0.1) is 0 Å². The maximum absolute atomic E-state index is 3.32. The second-order valence-corrected chi connectivity index (χ2v) is 5.80. The van der Waals surface area contributed by atoms with E-state index in [4.69, 9.17) is 0 Å². The maximum atomic E-state index is 3.32. The summed E-state index contributed by atoms with van der Waals surface area (Å²) in [6.45, 7) is 1.18. The van der Waals surface area contributed by atoms with Gasteiger partial charge in [0.05, 0.1) is 0 Å². The Hall–Kier alpha value is -0.820. The highest BCUT2D eigenvalue weighted by Crippen LogP contribution is 2.43. The van der Waals surface area contributed by atoms with Crippen LogP contribution < -0.4 is 5.32 Å². The topological polar surface area (TPSA) is 12.0 Å². The molecule has 2 fully saturated rings. The van der Waals surface area contributed by atoms with Crippen LogP contribution in [0.2, 0.25) is 0 Å². The van der Waals surface area contributed by atoms with Crippen LogP contribution >= 0.6 is 0 Å². The Labute approximate surface area is 105 Å². The summed E-state index contributed by atoms with van der Waals surface area (Å²) in [6, 6.07) is 9.54. The normalized spacial score (nSPS) is 28.5.